The fourth-order valence-corrected chi connectivity index (χ4v) is 2.67. The van der Waals surface area contributed by atoms with Crippen molar-refractivity contribution in [2.45, 2.75) is 65.4 Å². The second-order valence-electron chi connectivity index (χ2n) is 5.88. The van der Waals surface area contributed by atoms with Gasteiger partial charge in [-0.25, -0.2) is 0 Å². The zero-order valence-electron chi connectivity index (χ0n) is 14.1. The predicted octanol–water partition coefficient (Wildman–Crippen LogP) is 3.21. The van der Waals surface area contributed by atoms with E-state index >= 15 is 0 Å². The second kappa shape index (κ2) is 11.8. The lowest BCUT2D eigenvalue weighted by molar-refractivity contribution is -0.927. The van der Waals surface area contributed by atoms with Gasteiger partial charge in [-0.3, -0.25) is 4.79 Å². The van der Waals surface area contributed by atoms with Gasteiger partial charge in [0.2, 0.25) is 0 Å². The monoisotopic (exact) mass is 300 g/mol. The fraction of sp³-hybridized carbons (Fsp3) is 0.824. The average molecular weight is 300 g/mol. The molecule has 0 saturated carbocycles. The van der Waals surface area contributed by atoms with Crippen molar-refractivity contribution in [1.82, 2.24) is 0 Å². The van der Waals surface area contributed by atoms with E-state index in [1.807, 2.05) is 0 Å². The summed E-state index contributed by atoms with van der Waals surface area (Å²) in [7, 11) is 0. The van der Waals surface area contributed by atoms with Crippen molar-refractivity contribution < 1.29 is 19.5 Å². The summed E-state index contributed by atoms with van der Waals surface area (Å²) in [5.74, 6) is -0.720. The lowest BCUT2D eigenvalue weighted by atomic mass is 10.1. The summed E-state index contributed by atoms with van der Waals surface area (Å²) in [6.07, 6.45) is 8.72. The summed E-state index contributed by atoms with van der Waals surface area (Å²) in [5, 5.41) is 18.9. The summed E-state index contributed by atoms with van der Waals surface area (Å²) < 4.78 is 0.877. The average Bonchev–Trinajstić information content (AvgIpc) is 2.46. The third-order valence-corrected chi connectivity index (χ3v) is 4.24. The van der Waals surface area contributed by atoms with Crippen LogP contribution < -0.4 is 0 Å². The van der Waals surface area contributed by atoms with Crippen LogP contribution in [0.4, 0.5) is 0 Å². The number of rotatable bonds is 13. The largest absolute Gasteiger partial charge is 0.481 e. The molecule has 0 aromatic rings. The molecular formula is C17H34NO3+. The van der Waals surface area contributed by atoms with Crippen LogP contribution in [0.15, 0.2) is 12.2 Å². The van der Waals surface area contributed by atoms with Crippen molar-refractivity contribution in [2.24, 2.45) is 0 Å². The fourth-order valence-electron chi connectivity index (χ4n) is 2.67. The Hall–Kier alpha value is -0.870. The summed E-state index contributed by atoms with van der Waals surface area (Å²) >= 11 is 0. The Kier molecular flexibility index (Phi) is 11.3. The molecule has 0 heterocycles. The van der Waals surface area contributed by atoms with Crippen molar-refractivity contribution in [2.75, 3.05) is 26.2 Å². The third kappa shape index (κ3) is 9.64. The molecule has 1 unspecified atom stereocenters. The highest BCUT2D eigenvalue weighted by molar-refractivity contribution is 5.66. The highest BCUT2D eigenvalue weighted by atomic mass is 16.4. The molecule has 0 bridgehead atoms. The van der Waals surface area contributed by atoms with E-state index in [1.54, 1.807) is 0 Å². The first-order valence-electron chi connectivity index (χ1n) is 8.39. The van der Waals surface area contributed by atoms with Gasteiger partial charge in [0, 0.05) is 6.42 Å². The van der Waals surface area contributed by atoms with Crippen LogP contribution in [0.1, 0.15) is 59.3 Å². The van der Waals surface area contributed by atoms with Gasteiger partial charge >= 0.3 is 5.97 Å². The lowest BCUT2D eigenvalue weighted by Crippen LogP contribution is -2.52. The van der Waals surface area contributed by atoms with Gasteiger partial charge in [0.15, 0.2) is 0 Å². The number of hydrogen-bond donors (Lipinski definition) is 2. The van der Waals surface area contributed by atoms with E-state index in [9.17, 15) is 9.90 Å². The Labute approximate surface area is 130 Å². The third-order valence-electron chi connectivity index (χ3n) is 4.24. The van der Waals surface area contributed by atoms with Gasteiger partial charge in [-0.15, -0.1) is 0 Å². The van der Waals surface area contributed by atoms with Crippen LogP contribution in [-0.2, 0) is 4.79 Å². The van der Waals surface area contributed by atoms with Gasteiger partial charge in [-0.05, 0) is 39.5 Å². The molecule has 0 rings (SSSR count). The zero-order valence-corrected chi connectivity index (χ0v) is 14.1. The summed E-state index contributed by atoms with van der Waals surface area (Å²) in [5.41, 5.74) is 0. The Morgan fingerprint density at radius 3 is 2.33 bits per heavy atom. The summed E-state index contributed by atoms with van der Waals surface area (Å²) in [4.78, 5) is 10.6. The van der Waals surface area contributed by atoms with Crippen LogP contribution in [0.2, 0.25) is 0 Å². The van der Waals surface area contributed by atoms with E-state index in [0.29, 0.717) is 0 Å². The molecule has 4 nitrogen and oxygen atoms in total. The van der Waals surface area contributed by atoms with E-state index in [-0.39, 0.29) is 12.5 Å². The molecule has 1 atom stereocenters. The first-order valence-corrected chi connectivity index (χ1v) is 8.39. The number of unbranched alkanes of at least 4 members (excludes halogenated alkanes) is 2. The normalized spacial score (nSPS) is 13.7. The number of quaternary nitrogens is 1. The summed E-state index contributed by atoms with van der Waals surface area (Å²) in [6.45, 7) is 10.1. The van der Waals surface area contributed by atoms with E-state index in [2.05, 4.69) is 32.9 Å². The molecule has 21 heavy (non-hydrogen) atoms. The van der Waals surface area contributed by atoms with Gasteiger partial charge in [-0.2, -0.15) is 0 Å². The SMILES string of the molecule is CCC/C=C/CC(O)C[N+](CC)(CC)CCCCC(=O)O. The second-order valence-corrected chi connectivity index (χ2v) is 5.88. The standard InChI is InChI=1S/C17H33NO3/c1-4-7-8-9-12-16(19)15-18(5-2,6-3)14-11-10-13-17(20)21/h8-9,16,19H,4-7,10-15H2,1-3H3/p+1/b9-8+. The number of hydrogen-bond acceptors (Lipinski definition) is 2. The number of likely N-dealkylation sites (N-methyl/N-ethyl adjacent to an activating group) is 1. The van der Waals surface area contributed by atoms with Gasteiger partial charge in [0.1, 0.15) is 12.6 Å². The molecule has 0 fully saturated rings. The van der Waals surface area contributed by atoms with Crippen LogP contribution in [-0.4, -0.2) is 52.9 Å². The molecule has 0 aliphatic rings. The maximum Gasteiger partial charge on any atom is 0.303 e. The minimum absolute atomic E-state index is 0.246. The first-order chi connectivity index (χ1) is 9.99. The highest BCUT2D eigenvalue weighted by Crippen LogP contribution is 2.13. The highest BCUT2D eigenvalue weighted by Gasteiger charge is 2.26. The molecule has 124 valence electrons. The minimum Gasteiger partial charge on any atom is -0.481 e. The van der Waals surface area contributed by atoms with Gasteiger partial charge < -0.3 is 14.7 Å². The quantitative estimate of drug-likeness (QED) is 0.312. The summed E-state index contributed by atoms with van der Waals surface area (Å²) in [6, 6.07) is 0. The van der Waals surface area contributed by atoms with Crippen LogP contribution in [0.3, 0.4) is 0 Å². The molecule has 0 aliphatic heterocycles. The van der Waals surface area contributed by atoms with Crippen molar-refractivity contribution >= 4 is 5.97 Å². The number of carboxylic acids is 1. The molecule has 0 saturated heterocycles. The van der Waals surface area contributed by atoms with Crippen molar-refractivity contribution in [3.63, 3.8) is 0 Å². The van der Waals surface area contributed by atoms with Gasteiger partial charge in [-0.1, -0.05) is 25.5 Å². The number of aliphatic carboxylic acids is 1. The number of aliphatic hydroxyl groups excluding tert-OH is 1. The van der Waals surface area contributed by atoms with Crippen LogP contribution >= 0.6 is 0 Å². The smallest absolute Gasteiger partial charge is 0.303 e. The first kappa shape index (κ1) is 20.1. The van der Waals surface area contributed by atoms with E-state index in [0.717, 1.165) is 62.8 Å². The number of aliphatic hydroxyl groups is 1. The topological polar surface area (TPSA) is 57.5 Å². The molecule has 0 aliphatic carbocycles. The van der Waals surface area contributed by atoms with Crippen molar-refractivity contribution in [3.05, 3.63) is 12.2 Å². The Morgan fingerprint density at radius 2 is 1.81 bits per heavy atom. The van der Waals surface area contributed by atoms with E-state index in [4.69, 9.17) is 5.11 Å². The molecule has 2 N–H and O–H groups in total. The molecule has 0 aromatic heterocycles. The maximum atomic E-state index is 10.6. The minimum atomic E-state index is -0.720. The van der Waals surface area contributed by atoms with Crippen LogP contribution in [0.5, 0.6) is 0 Å². The number of carboxylic acid groups (broad SMARTS) is 1. The number of nitrogens with zero attached hydrogens (tertiary/aromatic N) is 1. The number of allylic oxidation sites excluding steroid dienone is 1. The zero-order chi connectivity index (χ0) is 16.1. The number of carbonyl (C=O) groups is 1. The van der Waals surface area contributed by atoms with E-state index in [1.165, 1.54) is 0 Å². The molecular weight excluding hydrogens is 266 g/mol. The molecule has 0 aromatic carbocycles. The molecule has 4 heteroatoms. The molecule has 0 radical (unpaired) electrons. The van der Waals surface area contributed by atoms with Crippen LogP contribution in [0, 0.1) is 0 Å². The maximum absolute atomic E-state index is 10.6. The Balaban J connectivity index is 4.26. The molecule has 0 spiro atoms. The Bertz CT molecular complexity index is 298. The van der Waals surface area contributed by atoms with Crippen molar-refractivity contribution in [1.29, 1.82) is 0 Å². The predicted molar refractivity (Wildman–Crippen MR) is 87.2 cm³/mol. The van der Waals surface area contributed by atoms with Crippen molar-refractivity contribution in [3.8, 4) is 0 Å². The van der Waals surface area contributed by atoms with Gasteiger partial charge in [0.25, 0.3) is 0 Å². The van der Waals surface area contributed by atoms with E-state index < -0.39 is 5.97 Å². The Morgan fingerprint density at radius 1 is 1.14 bits per heavy atom. The molecule has 0 amide bonds. The van der Waals surface area contributed by atoms with Gasteiger partial charge in [0.05, 0.1) is 19.6 Å². The van der Waals surface area contributed by atoms with Crippen LogP contribution in [0.25, 0.3) is 0 Å². The lowest BCUT2D eigenvalue weighted by Gasteiger charge is -2.38.